The van der Waals surface area contributed by atoms with E-state index in [1.165, 1.54) is 11.0 Å². The van der Waals surface area contributed by atoms with Crippen molar-refractivity contribution < 1.29 is 14.5 Å². The third-order valence-electron chi connectivity index (χ3n) is 5.36. The van der Waals surface area contributed by atoms with Gasteiger partial charge in [-0.15, -0.1) is 0 Å². The first-order valence-electron chi connectivity index (χ1n) is 9.93. The Hall–Kier alpha value is -3.42. The zero-order valence-electron chi connectivity index (χ0n) is 17.2. The molecule has 2 aromatic carbocycles. The van der Waals surface area contributed by atoms with Crippen molar-refractivity contribution in [2.75, 3.05) is 32.1 Å². The number of rotatable bonds is 6. The van der Waals surface area contributed by atoms with Crippen molar-refractivity contribution in [3.8, 4) is 0 Å². The Kier molecular flexibility index (Phi) is 6.66. The summed E-state index contributed by atoms with van der Waals surface area (Å²) >= 11 is 0. The van der Waals surface area contributed by atoms with Crippen LogP contribution in [0, 0.1) is 16.0 Å². The van der Waals surface area contributed by atoms with Crippen LogP contribution in [0.2, 0.25) is 0 Å². The molecule has 0 aromatic heterocycles. The molecule has 0 radical (unpaired) electrons. The SMILES string of the molecule is CN(C)C(=O)c1ccc(CNC(=O)C2CCN(c3ccccc3[N+](=O)[O-])CC2)cc1. The Bertz CT molecular complexity index is 919. The molecule has 0 spiro atoms. The maximum atomic E-state index is 12.6. The average molecular weight is 410 g/mol. The van der Waals surface area contributed by atoms with E-state index in [1.807, 2.05) is 17.0 Å². The zero-order valence-corrected chi connectivity index (χ0v) is 17.2. The molecule has 0 unspecified atom stereocenters. The molecule has 2 amide bonds. The van der Waals surface area contributed by atoms with Gasteiger partial charge in [0.25, 0.3) is 11.6 Å². The molecular formula is C22H26N4O4. The van der Waals surface area contributed by atoms with Crippen molar-refractivity contribution >= 4 is 23.2 Å². The molecular weight excluding hydrogens is 384 g/mol. The predicted octanol–water partition coefficient (Wildman–Crippen LogP) is 2.83. The maximum absolute atomic E-state index is 12.6. The lowest BCUT2D eigenvalue weighted by Crippen LogP contribution is -2.40. The molecule has 3 rings (SSSR count). The minimum absolute atomic E-state index is 0.00865. The lowest BCUT2D eigenvalue weighted by molar-refractivity contribution is -0.384. The standard InChI is InChI=1S/C22H26N4O4/c1-24(2)22(28)18-9-7-16(8-10-18)15-23-21(27)17-11-13-25(14-12-17)19-5-3-4-6-20(19)26(29)30/h3-10,17H,11-15H2,1-2H3,(H,23,27). The van der Waals surface area contributed by atoms with Gasteiger partial charge < -0.3 is 15.1 Å². The molecule has 1 fully saturated rings. The van der Waals surface area contributed by atoms with Gasteiger partial charge in [-0.2, -0.15) is 0 Å². The minimum Gasteiger partial charge on any atom is -0.366 e. The van der Waals surface area contributed by atoms with Gasteiger partial charge in [-0.3, -0.25) is 19.7 Å². The Morgan fingerprint density at radius 1 is 1.10 bits per heavy atom. The molecule has 0 aliphatic carbocycles. The van der Waals surface area contributed by atoms with E-state index in [-0.39, 0.29) is 28.3 Å². The van der Waals surface area contributed by atoms with Gasteiger partial charge >= 0.3 is 0 Å². The number of carbonyl (C=O) groups excluding carboxylic acids is 2. The van der Waals surface area contributed by atoms with Gasteiger partial charge in [0, 0.05) is 51.3 Å². The topological polar surface area (TPSA) is 95.8 Å². The highest BCUT2D eigenvalue weighted by atomic mass is 16.6. The zero-order chi connectivity index (χ0) is 21.7. The van der Waals surface area contributed by atoms with Gasteiger partial charge in [0.2, 0.25) is 5.91 Å². The third kappa shape index (κ3) is 4.94. The number of hydrogen-bond acceptors (Lipinski definition) is 5. The van der Waals surface area contributed by atoms with Crippen LogP contribution in [0.25, 0.3) is 0 Å². The number of hydrogen-bond donors (Lipinski definition) is 1. The van der Waals surface area contributed by atoms with Crippen molar-refractivity contribution in [2.45, 2.75) is 19.4 Å². The normalized spacial score (nSPS) is 14.3. The molecule has 1 heterocycles. The van der Waals surface area contributed by atoms with Crippen LogP contribution in [0.4, 0.5) is 11.4 Å². The molecule has 2 aromatic rings. The van der Waals surface area contributed by atoms with Crippen LogP contribution < -0.4 is 10.2 Å². The predicted molar refractivity (Wildman–Crippen MR) is 114 cm³/mol. The quantitative estimate of drug-likeness (QED) is 0.584. The molecule has 1 N–H and O–H groups in total. The van der Waals surface area contributed by atoms with Crippen molar-refractivity contribution in [2.24, 2.45) is 5.92 Å². The van der Waals surface area contributed by atoms with E-state index in [9.17, 15) is 19.7 Å². The Balaban J connectivity index is 1.51. The number of nitrogens with one attached hydrogen (secondary N) is 1. The van der Waals surface area contributed by atoms with E-state index < -0.39 is 0 Å². The summed E-state index contributed by atoms with van der Waals surface area (Å²) in [6.45, 7) is 1.61. The van der Waals surface area contributed by atoms with E-state index in [4.69, 9.17) is 0 Å². The van der Waals surface area contributed by atoms with Gasteiger partial charge in [0.15, 0.2) is 0 Å². The number of anilines is 1. The van der Waals surface area contributed by atoms with Gasteiger partial charge in [-0.05, 0) is 36.6 Å². The van der Waals surface area contributed by atoms with Crippen LogP contribution in [0.3, 0.4) is 0 Å². The Labute approximate surface area is 175 Å². The van der Waals surface area contributed by atoms with Crippen LogP contribution in [0.15, 0.2) is 48.5 Å². The first-order valence-corrected chi connectivity index (χ1v) is 9.93. The second kappa shape index (κ2) is 9.39. The number of nitro benzene ring substituents is 1. The second-order valence-electron chi connectivity index (χ2n) is 7.62. The summed E-state index contributed by atoms with van der Waals surface area (Å²) in [6.07, 6.45) is 1.29. The number of benzene rings is 2. The van der Waals surface area contributed by atoms with E-state index in [1.54, 1.807) is 44.4 Å². The van der Waals surface area contributed by atoms with Crippen LogP contribution >= 0.6 is 0 Å². The average Bonchev–Trinajstić information content (AvgIpc) is 2.77. The van der Waals surface area contributed by atoms with Crippen LogP contribution in [-0.2, 0) is 11.3 Å². The molecule has 8 nitrogen and oxygen atoms in total. The van der Waals surface area contributed by atoms with Gasteiger partial charge in [0.05, 0.1) is 4.92 Å². The number of nitrogens with zero attached hydrogens (tertiary/aromatic N) is 3. The van der Waals surface area contributed by atoms with Crippen LogP contribution in [0.5, 0.6) is 0 Å². The van der Waals surface area contributed by atoms with E-state index in [0.29, 0.717) is 43.7 Å². The summed E-state index contributed by atoms with van der Waals surface area (Å²) in [5.74, 6) is -0.180. The highest BCUT2D eigenvalue weighted by molar-refractivity contribution is 5.93. The third-order valence-corrected chi connectivity index (χ3v) is 5.36. The van der Waals surface area contributed by atoms with Crippen LogP contribution in [0.1, 0.15) is 28.8 Å². The fraction of sp³-hybridized carbons (Fsp3) is 0.364. The lowest BCUT2D eigenvalue weighted by atomic mass is 9.95. The van der Waals surface area contributed by atoms with E-state index >= 15 is 0 Å². The second-order valence-corrected chi connectivity index (χ2v) is 7.62. The molecule has 30 heavy (non-hydrogen) atoms. The first kappa shape index (κ1) is 21.3. The minimum atomic E-state index is -0.370. The molecule has 1 aliphatic heterocycles. The van der Waals surface area contributed by atoms with E-state index in [0.717, 1.165) is 5.56 Å². The molecule has 8 heteroatoms. The summed E-state index contributed by atoms with van der Waals surface area (Å²) in [5, 5.41) is 14.2. The fourth-order valence-corrected chi connectivity index (χ4v) is 3.63. The molecule has 0 bridgehead atoms. The van der Waals surface area contributed by atoms with Crippen molar-refractivity contribution in [1.29, 1.82) is 0 Å². The highest BCUT2D eigenvalue weighted by Gasteiger charge is 2.27. The summed E-state index contributed by atoms with van der Waals surface area (Å²) in [4.78, 5) is 38.9. The van der Waals surface area contributed by atoms with Crippen LogP contribution in [-0.4, -0.2) is 48.8 Å². The lowest BCUT2D eigenvalue weighted by Gasteiger charge is -2.32. The van der Waals surface area contributed by atoms with Crippen molar-refractivity contribution in [1.82, 2.24) is 10.2 Å². The number of amides is 2. The summed E-state index contributed by atoms with van der Waals surface area (Å²) < 4.78 is 0. The number of piperidine rings is 1. The monoisotopic (exact) mass is 410 g/mol. The highest BCUT2D eigenvalue weighted by Crippen LogP contribution is 2.31. The van der Waals surface area contributed by atoms with Gasteiger partial charge in [-0.1, -0.05) is 24.3 Å². The molecule has 1 aliphatic rings. The Morgan fingerprint density at radius 2 is 1.73 bits per heavy atom. The number of nitro groups is 1. The largest absolute Gasteiger partial charge is 0.366 e. The van der Waals surface area contributed by atoms with Gasteiger partial charge in [0.1, 0.15) is 5.69 Å². The molecule has 1 saturated heterocycles. The summed E-state index contributed by atoms with van der Waals surface area (Å²) in [7, 11) is 3.41. The molecule has 0 saturated carbocycles. The molecule has 158 valence electrons. The Morgan fingerprint density at radius 3 is 2.33 bits per heavy atom. The van der Waals surface area contributed by atoms with Crippen molar-refractivity contribution in [3.63, 3.8) is 0 Å². The summed E-state index contributed by atoms with van der Waals surface area (Å²) in [5.41, 5.74) is 2.23. The number of carbonyl (C=O) groups is 2. The first-order chi connectivity index (χ1) is 14.4. The maximum Gasteiger partial charge on any atom is 0.292 e. The molecule has 0 atom stereocenters. The smallest absolute Gasteiger partial charge is 0.292 e. The summed E-state index contributed by atoms with van der Waals surface area (Å²) in [6, 6.07) is 13.9. The van der Waals surface area contributed by atoms with E-state index in [2.05, 4.69) is 5.32 Å². The number of para-hydroxylation sites is 2. The van der Waals surface area contributed by atoms with Gasteiger partial charge in [-0.25, -0.2) is 0 Å². The van der Waals surface area contributed by atoms with Crippen molar-refractivity contribution in [3.05, 3.63) is 69.8 Å². The fourth-order valence-electron chi connectivity index (χ4n) is 3.63.